The summed E-state index contributed by atoms with van der Waals surface area (Å²) in [6.07, 6.45) is 0. The van der Waals surface area contributed by atoms with Crippen LogP contribution in [0.15, 0.2) is 36.4 Å². The maximum Gasteiger partial charge on any atom is 0.267 e. The van der Waals surface area contributed by atoms with Gasteiger partial charge < -0.3 is 15.2 Å². The molecular weight excluding hydrogens is 414 g/mol. The molecule has 0 spiro atoms. The number of benzene rings is 2. The second-order valence-electron chi connectivity index (χ2n) is 8.87. The van der Waals surface area contributed by atoms with Crippen molar-refractivity contribution >= 4 is 23.2 Å². The van der Waals surface area contributed by atoms with Crippen LogP contribution >= 0.6 is 0 Å². The highest BCUT2D eigenvalue weighted by Crippen LogP contribution is 2.30. The summed E-state index contributed by atoms with van der Waals surface area (Å²) in [5.74, 6) is -0.960. The zero-order valence-electron chi connectivity index (χ0n) is 19.7. The lowest BCUT2D eigenvalue weighted by molar-refractivity contribution is -0.122. The van der Waals surface area contributed by atoms with Gasteiger partial charge in [-0.05, 0) is 54.3 Å². The van der Waals surface area contributed by atoms with Gasteiger partial charge in [0.2, 0.25) is 0 Å². The normalized spacial score (nSPS) is 14.1. The molecule has 1 aliphatic heterocycles. The standard InChI is InChI=1S/C26H29N5O2/c1-15-10-16(2)22(11-21(15)23(28)17(3)24(29)26(33)30(4)5)25(32)31-13-20(14-31)19-8-6-18(12-27)7-9-19/h6-11,17,20,28-29H,13-14H2,1-5H3. The van der Waals surface area contributed by atoms with Gasteiger partial charge in [-0.3, -0.25) is 15.0 Å². The van der Waals surface area contributed by atoms with Crippen LogP contribution < -0.4 is 0 Å². The van der Waals surface area contributed by atoms with Crippen LogP contribution in [0.3, 0.4) is 0 Å². The minimum Gasteiger partial charge on any atom is -0.344 e. The van der Waals surface area contributed by atoms with E-state index in [4.69, 9.17) is 16.1 Å². The van der Waals surface area contributed by atoms with E-state index in [1.165, 1.54) is 4.90 Å². The van der Waals surface area contributed by atoms with Crippen LogP contribution in [-0.4, -0.2) is 60.2 Å². The number of nitrogens with zero attached hydrogens (tertiary/aromatic N) is 3. The third-order valence-electron chi connectivity index (χ3n) is 6.27. The molecule has 7 nitrogen and oxygen atoms in total. The lowest BCUT2D eigenvalue weighted by atomic mass is 9.87. The first-order valence-corrected chi connectivity index (χ1v) is 10.8. The molecular formula is C26H29N5O2. The Kier molecular flexibility index (Phi) is 6.78. The fraction of sp³-hybridized carbons (Fsp3) is 0.346. The lowest BCUT2D eigenvalue weighted by Gasteiger charge is -2.40. The fourth-order valence-corrected chi connectivity index (χ4v) is 4.03. The van der Waals surface area contributed by atoms with E-state index < -0.39 is 11.8 Å². The maximum atomic E-state index is 13.2. The number of likely N-dealkylation sites (tertiary alicyclic amines) is 1. The molecule has 1 aliphatic rings. The zero-order valence-corrected chi connectivity index (χ0v) is 19.7. The van der Waals surface area contributed by atoms with Crippen LogP contribution in [0.4, 0.5) is 0 Å². The molecule has 2 aromatic rings. The van der Waals surface area contributed by atoms with Crippen molar-refractivity contribution in [1.82, 2.24) is 9.80 Å². The van der Waals surface area contributed by atoms with Crippen LogP contribution in [0.25, 0.3) is 0 Å². The Hall–Kier alpha value is -3.79. The highest BCUT2D eigenvalue weighted by Gasteiger charge is 2.33. The summed E-state index contributed by atoms with van der Waals surface area (Å²) in [5.41, 5.74) is 4.53. The van der Waals surface area contributed by atoms with E-state index in [0.29, 0.717) is 29.8 Å². The van der Waals surface area contributed by atoms with Crippen molar-refractivity contribution in [2.45, 2.75) is 26.7 Å². The second kappa shape index (κ2) is 9.37. The van der Waals surface area contributed by atoms with Crippen molar-refractivity contribution in [2.24, 2.45) is 5.92 Å². The predicted molar refractivity (Wildman–Crippen MR) is 128 cm³/mol. The summed E-state index contributed by atoms with van der Waals surface area (Å²) >= 11 is 0. The number of hydrogen-bond acceptors (Lipinski definition) is 5. The van der Waals surface area contributed by atoms with Gasteiger partial charge in [0.1, 0.15) is 5.71 Å². The summed E-state index contributed by atoms with van der Waals surface area (Å²) in [7, 11) is 3.17. The number of carbonyl (C=O) groups excluding carboxylic acids is 2. The molecule has 3 rings (SSSR count). The number of nitriles is 1. The van der Waals surface area contributed by atoms with Crippen molar-refractivity contribution in [2.75, 3.05) is 27.2 Å². The maximum absolute atomic E-state index is 13.2. The first-order valence-electron chi connectivity index (χ1n) is 10.8. The summed E-state index contributed by atoms with van der Waals surface area (Å²) in [5, 5.41) is 25.8. The molecule has 7 heteroatoms. The van der Waals surface area contributed by atoms with Crippen LogP contribution in [0.5, 0.6) is 0 Å². The topological polar surface area (TPSA) is 112 Å². The third kappa shape index (κ3) is 4.70. The van der Waals surface area contributed by atoms with E-state index in [-0.39, 0.29) is 23.2 Å². The van der Waals surface area contributed by atoms with E-state index >= 15 is 0 Å². The van der Waals surface area contributed by atoms with Gasteiger partial charge in [0.25, 0.3) is 11.8 Å². The van der Waals surface area contributed by atoms with Gasteiger partial charge in [0.05, 0.1) is 11.6 Å². The van der Waals surface area contributed by atoms with Gasteiger partial charge in [-0.25, -0.2) is 0 Å². The van der Waals surface area contributed by atoms with E-state index in [1.807, 2.05) is 32.0 Å². The molecule has 1 heterocycles. The lowest BCUT2D eigenvalue weighted by Crippen LogP contribution is -2.48. The van der Waals surface area contributed by atoms with Crippen molar-refractivity contribution in [3.8, 4) is 6.07 Å². The van der Waals surface area contributed by atoms with Crippen molar-refractivity contribution < 1.29 is 9.59 Å². The average Bonchev–Trinajstić information content (AvgIpc) is 2.76. The third-order valence-corrected chi connectivity index (χ3v) is 6.27. The Bertz CT molecular complexity index is 1170. The number of carbonyl (C=O) groups is 2. The first kappa shape index (κ1) is 23.9. The van der Waals surface area contributed by atoms with E-state index in [2.05, 4.69) is 6.07 Å². The molecule has 170 valence electrons. The Morgan fingerprint density at radius 1 is 1.06 bits per heavy atom. The molecule has 2 N–H and O–H groups in total. The van der Waals surface area contributed by atoms with Gasteiger partial charge in [-0.2, -0.15) is 5.26 Å². The van der Waals surface area contributed by atoms with Crippen LogP contribution in [-0.2, 0) is 4.79 Å². The molecule has 1 saturated heterocycles. The molecule has 0 bridgehead atoms. The Morgan fingerprint density at radius 3 is 2.18 bits per heavy atom. The molecule has 33 heavy (non-hydrogen) atoms. The first-order chi connectivity index (χ1) is 15.5. The molecule has 0 aliphatic carbocycles. The zero-order chi connectivity index (χ0) is 24.4. The van der Waals surface area contributed by atoms with Crippen molar-refractivity contribution in [3.63, 3.8) is 0 Å². The van der Waals surface area contributed by atoms with Gasteiger partial charge in [-0.1, -0.05) is 25.1 Å². The number of nitrogens with one attached hydrogen (secondary N) is 2. The Morgan fingerprint density at radius 2 is 1.64 bits per heavy atom. The van der Waals surface area contributed by atoms with Crippen LogP contribution in [0, 0.1) is 41.9 Å². The predicted octanol–water partition coefficient (Wildman–Crippen LogP) is 3.53. The van der Waals surface area contributed by atoms with Crippen LogP contribution in [0.2, 0.25) is 0 Å². The molecule has 2 amide bonds. The smallest absolute Gasteiger partial charge is 0.267 e. The number of hydrogen-bond donors (Lipinski definition) is 2. The molecule has 0 aromatic heterocycles. The van der Waals surface area contributed by atoms with Crippen LogP contribution in [0.1, 0.15) is 51.0 Å². The highest BCUT2D eigenvalue weighted by atomic mass is 16.2. The SMILES string of the molecule is Cc1cc(C)c(C(=O)N2CC(c3ccc(C#N)cc3)C2)cc1C(=N)C(C)C(=N)C(=O)N(C)C. The summed E-state index contributed by atoms with van der Waals surface area (Å²) in [6.45, 7) is 6.63. The highest BCUT2D eigenvalue weighted by molar-refractivity contribution is 6.42. The quantitative estimate of drug-likeness (QED) is 0.666. The molecule has 1 atom stereocenters. The monoisotopic (exact) mass is 443 g/mol. The summed E-state index contributed by atoms with van der Waals surface area (Å²) < 4.78 is 0. The Labute approximate surface area is 194 Å². The largest absolute Gasteiger partial charge is 0.344 e. The van der Waals surface area contributed by atoms with Crippen molar-refractivity contribution in [1.29, 1.82) is 16.1 Å². The number of rotatable bonds is 6. The fourth-order valence-electron chi connectivity index (χ4n) is 4.03. The number of aryl methyl sites for hydroxylation is 2. The number of amides is 2. The second-order valence-corrected chi connectivity index (χ2v) is 8.87. The molecule has 0 radical (unpaired) electrons. The minimum atomic E-state index is -0.686. The molecule has 1 fully saturated rings. The summed E-state index contributed by atoms with van der Waals surface area (Å²) in [6, 6.07) is 13.2. The van der Waals surface area contributed by atoms with E-state index in [9.17, 15) is 9.59 Å². The summed E-state index contributed by atoms with van der Waals surface area (Å²) in [4.78, 5) is 28.5. The van der Waals surface area contributed by atoms with E-state index in [0.717, 1.165) is 16.7 Å². The molecule has 0 saturated carbocycles. The average molecular weight is 444 g/mol. The van der Waals surface area contributed by atoms with Gasteiger partial charge in [-0.15, -0.1) is 0 Å². The molecule has 1 unspecified atom stereocenters. The van der Waals surface area contributed by atoms with Gasteiger partial charge >= 0.3 is 0 Å². The Balaban J connectivity index is 1.78. The van der Waals surface area contributed by atoms with Gasteiger partial charge in [0, 0.05) is 50.3 Å². The van der Waals surface area contributed by atoms with Crippen molar-refractivity contribution in [3.05, 3.63) is 69.8 Å². The minimum absolute atomic E-state index is 0.0847. The van der Waals surface area contributed by atoms with Gasteiger partial charge in [0.15, 0.2) is 0 Å². The van der Waals surface area contributed by atoms with E-state index in [1.54, 1.807) is 44.1 Å². The molecule has 2 aromatic carbocycles.